The quantitative estimate of drug-likeness (QED) is 0.502. The molecule has 2 aromatic rings. The van der Waals surface area contributed by atoms with E-state index < -0.39 is 5.97 Å². The third kappa shape index (κ3) is 3.01. The van der Waals surface area contributed by atoms with Crippen LogP contribution < -0.4 is 10.7 Å². The molecule has 0 fully saturated rings. The number of carbonyl (C=O) groups is 1. The molecular weight excluding hydrogens is 352 g/mol. The number of carboxylic acid groups (broad SMARTS) is 1. The van der Waals surface area contributed by atoms with Gasteiger partial charge in [-0.25, -0.2) is 4.79 Å². The van der Waals surface area contributed by atoms with E-state index in [9.17, 15) is 9.90 Å². The molecule has 0 spiro atoms. The Morgan fingerprint density at radius 3 is 2.64 bits per heavy atom. The van der Waals surface area contributed by atoms with E-state index in [2.05, 4.69) is 10.3 Å². The molecule has 1 aliphatic carbocycles. The highest BCUT2D eigenvalue weighted by Crippen LogP contribution is 2.41. The summed E-state index contributed by atoms with van der Waals surface area (Å²) in [4.78, 5) is 16.1. The number of hydrogen-bond acceptors (Lipinski definition) is 4. The lowest BCUT2D eigenvalue weighted by Crippen LogP contribution is -2.04. The largest absolute Gasteiger partial charge is 0.478 e. The van der Waals surface area contributed by atoms with E-state index in [1.165, 1.54) is 0 Å². The molecule has 4 rings (SSSR count). The number of hydrogen-bond donors (Lipinski definition) is 2. The van der Waals surface area contributed by atoms with Gasteiger partial charge in [-0.05, 0) is 42.8 Å². The van der Waals surface area contributed by atoms with Gasteiger partial charge in [0, 0.05) is 47.9 Å². The van der Waals surface area contributed by atoms with Gasteiger partial charge < -0.3 is 14.8 Å². The lowest BCUT2D eigenvalue weighted by molar-refractivity contribution is 0.0697. The van der Waals surface area contributed by atoms with E-state index in [0.717, 1.165) is 34.1 Å². The molecule has 0 saturated heterocycles. The van der Waals surface area contributed by atoms with Gasteiger partial charge in [0.15, 0.2) is 0 Å². The van der Waals surface area contributed by atoms with Crippen molar-refractivity contribution in [2.75, 3.05) is 18.9 Å². The Labute approximate surface area is 162 Å². The fourth-order valence-corrected chi connectivity index (χ4v) is 3.51. The summed E-state index contributed by atoms with van der Waals surface area (Å²) >= 11 is 0. The molecule has 1 heterocycles. The molecule has 0 aromatic heterocycles. The van der Waals surface area contributed by atoms with Gasteiger partial charge in [0.1, 0.15) is 11.3 Å². The Morgan fingerprint density at radius 1 is 1.07 bits per heavy atom. The summed E-state index contributed by atoms with van der Waals surface area (Å²) in [5.74, 6) is -0.290. The van der Waals surface area contributed by atoms with Crippen molar-refractivity contribution >= 4 is 22.6 Å². The summed E-state index contributed by atoms with van der Waals surface area (Å²) in [6, 6.07) is 18.7. The number of anilines is 1. The molecule has 1 aliphatic heterocycles. The summed E-state index contributed by atoms with van der Waals surface area (Å²) in [6.07, 6.45) is 0. The monoisotopic (exact) mass is 372 g/mol. The van der Waals surface area contributed by atoms with Gasteiger partial charge in [0.2, 0.25) is 0 Å². The summed E-state index contributed by atoms with van der Waals surface area (Å²) in [7, 11) is 1.73. The normalized spacial score (nSPS) is 11.9. The van der Waals surface area contributed by atoms with E-state index in [-0.39, 0.29) is 5.56 Å². The van der Waals surface area contributed by atoms with Crippen LogP contribution in [-0.4, -0.2) is 24.7 Å². The average molecular weight is 372 g/mol. The highest BCUT2D eigenvalue weighted by molar-refractivity contribution is 6.07. The SMILES string of the molecule is CCNc1ccc2c(-c3ccccc3C(=O)O)c3ccc(=NC)cc-3oc2c1. The fourth-order valence-electron chi connectivity index (χ4n) is 3.51. The van der Waals surface area contributed by atoms with E-state index in [1.54, 1.807) is 19.2 Å². The van der Waals surface area contributed by atoms with Gasteiger partial charge in [-0.1, -0.05) is 18.2 Å². The zero-order valence-electron chi connectivity index (χ0n) is 15.7. The van der Waals surface area contributed by atoms with Crippen LogP contribution >= 0.6 is 0 Å². The molecule has 0 bridgehead atoms. The standard InChI is InChI=1S/C23H20N2O3/c1-3-25-15-9-11-19-21(13-15)28-20-12-14(24-2)8-10-18(20)22(19)16-6-4-5-7-17(16)23(26)27/h4-13,25H,3H2,1-2H3,(H,26,27). The highest BCUT2D eigenvalue weighted by Gasteiger charge is 2.21. The van der Waals surface area contributed by atoms with E-state index in [0.29, 0.717) is 16.9 Å². The maximum absolute atomic E-state index is 11.9. The Hall–Kier alpha value is -3.60. The lowest BCUT2D eigenvalue weighted by atomic mass is 9.90. The van der Waals surface area contributed by atoms with E-state index >= 15 is 0 Å². The van der Waals surface area contributed by atoms with E-state index in [4.69, 9.17) is 4.42 Å². The predicted molar refractivity (Wildman–Crippen MR) is 111 cm³/mol. The molecule has 5 nitrogen and oxygen atoms in total. The van der Waals surface area contributed by atoms with Crippen LogP contribution in [0.25, 0.3) is 33.4 Å². The summed E-state index contributed by atoms with van der Waals surface area (Å²) < 4.78 is 6.19. The summed E-state index contributed by atoms with van der Waals surface area (Å²) in [6.45, 7) is 2.83. The van der Waals surface area contributed by atoms with Crippen LogP contribution in [0.1, 0.15) is 17.3 Å². The topological polar surface area (TPSA) is 74.8 Å². The Bertz CT molecular complexity index is 1220. The smallest absolute Gasteiger partial charge is 0.336 e. The maximum atomic E-state index is 11.9. The van der Waals surface area contributed by atoms with Gasteiger partial charge in [-0.15, -0.1) is 0 Å². The number of nitrogens with zero attached hydrogens (tertiary/aromatic N) is 1. The third-order valence-corrected chi connectivity index (χ3v) is 4.77. The zero-order chi connectivity index (χ0) is 19.7. The first-order chi connectivity index (χ1) is 13.6. The van der Waals surface area contributed by atoms with Crippen molar-refractivity contribution in [1.82, 2.24) is 0 Å². The van der Waals surface area contributed by atoms with Crippen LogP contribution in [0.4, 0.5) is 5.69 Å². The van der Waals surface area contributed by atoms with Gasteiger partial charge >= 0.3 is 5.97 Å². The summed E-state index contributed by atoms with van der Waals surface area (Å²) in [5.41, 5.74) is 4.26. The van der Waals surface area contributed by atoms with Crippen molar-refractivity contribution in [2.24, 2.45) is 4.99 Å². The summed E-state index contributed by atoms with van der Waals surface area (Å²) in [5, 5.41) is 14.7. The average Bonchev–Trinajstić information content (AvgIpc) is 2.71. The fraction of sp³-hybridized carbons (Fsp3) is 0.130. The minimum absolute atomic E-state index is 0.260. The molecule has 0 unspecified atom stereocenters. The number of nitrogens with one attached hydrogen (secondary N) is 1. The van der Waals surface area contributed by atoms with Crippen LogP contribution in [0.2, 0.25) is 0 Å². The molecule has 2 aliphatic rings. The van der Waals surface area contributed by atoms with Crippen molar-refractivity contribution in [2.45, 2.75) is 6.92 Å². The number of fused-ring (bicyclic) bond motifs is 2. The Kier molecular flexibility index (Phi) is 4.57. The van der Waals surface area contributed by atoms with Gasteiger partial charge in [-0.3, -0.25) is 4.99 Å². The second-order valence-electron chi connectivity index (χ2n) is 6.47. The van der Waals surface area contributed by atoms with Crippen molar-refractivity contribution in [3.8, 4) is 22.5 Å². The van der Waals surface area contributed by atoms with Crippen LogP contribution in [0.5, 0.6) is 0 Å². The number of benzene rings is 3. The number of carboxylic acids is 1. The van der Waals surface area contributed by atoms with Crippen molar-refractivity contribution in [1.29, 1.82) is 0 Å². The minimum atomic E-state index is -0.956. The number of aromatic carboxylic acids is 1. The lowest BCUT2D eigenvalue weighted by Gasteiger charge is -2.17. The van der Waals surface area contributed by atoms with Crippen LogP contribution in [-0.2, 0) is 0 Å². The van der Waals surface area contributed by atoms with E-state index in [1.807, 2.05) is 55.5 Å². The van der Waals surface area contributed by atoms with Crippen LogP contribution in [0.15, 0.2) is 70.1 Å². The minimum Gasteiger partial charge on any atom is -0.478 e. The predicted octanol–water partition coefficient (Wildman–Crippen LogP) is 4.87. The second kappa shape index (κ2) is 7.19. The molecular formula is C23H20N2O3. The third-order valence-electron chi connectivity index (χ3n) is 4.77. The molecule has 0 atom stereocenters. The first-order valence-corrected chi connectivity index (χ1v) is 9.12. The van der Waals surface area contributed by atoms with Gasteiger partial charge in [-0.2, -0.15) is 0 Å². The second-order valence-corrected chi connectivity index (χ2v) is 6.47. The van der Waals surface area contributed by atoms with Crippen molar-refractivity contribution in [3.05, 3.63) is 71.6 Å². The maximum Gasteiger partial charge on any atom is 0.336 e. The van der Waals surface area contributed by atoms with Crippen LogP contribution in [0.3, 0.4) is 0 Å². The van der Waals surface area contributed by atoms with Gasteiger partial charge in [0.05, 0.1) is 10.9 Å². The molecule has 2 aromatic carbocycles. The van der Waals surface area contributed by atoms with Gasteiger partial charge in [0.25, 0.3) is 0 Å². The van der Waals surface area contributed by atoms with Crippen LogP contribution in [0, 0.1) is 0 Å². The molecule has 0 amide bonds. The molecule has 0 radical (unpaired) electrons. The first kappa shape index (κ1) is 17.8. The highest BCUT2D eigenvalue weighted by atomic mass is 16.4. The Morgan fingerprint density at radius 2 is 1.89 bits per heavy atom. The first-order valence-electron chi connectivity index (χ1n) is 9.12. The number of rotatable bonds is 4. The molecule has 5 heteroatoms. The molecule has 2 N–H and O–H groups in total. The van der Waals surface area contributed by atoms with Crippen molar-refractivity contribution < 1.29 is 14.3 Å². The molecule has 0 saturated carbocycles. The Balaban J connectivity index is 2.15. The van der Waals surface area contributed by atoms with Crippen molar-refractivity contribution in [3.63, 3.8) is 0 Å². The molecule has 140 valence electrons. The zero-order valence-corrected chi connectivity index (χ0v) is 15.7. The molecule has 28 heavy (non-hydrogen) atoms.